The molecule has 0 saturated carbocycles. The van der Waals surface area contributed by atoms with E-state index in [1.807, 2.05) is 0 Å². The Kier molecular flexibility index (Phi) is 2.71. The zero-order valence-electron chi connectivity index (χ0n) is 8.51. The lowest BCUT2D eigenvalue weighted by molar-refractivity contribution is 0.0996. The van der Waals surface area contributed by atoms with Crippen LogP contribution in [0.15, 0.2) is 0 Å². The predicted octanol–water partition coefficient (Wildman–Crippen LogP) is 0.138. The van der Waals surface area contributed by atoms with Crippen LogP contribution in [0.3, 0.4) is 0 Å². The lowest BCUT2D eigenvalue weighted by Gasteiger charge is -2.20. The maximum atomic E-state index is 11.6. The van der Waals surface area contributed by atoms with Gasteiger partial charge in [0, 0.05) is 0 Å². The highest BCUT2D eigenvalue weighted by Crippen LogP contribution is 2.34. The van der Waals surface area contributed by atoms with E-state index in [1.165, 1.54) is 6.92 Å². The predicted molar refractivity (Wildman–Crippen MR) is 53.4 cm³/mol. The Morgan fingerprint density at radius 2 is 2.27 bits per heavy atom. The fourth-order valence-electron chi connectivity index (χ4n) is 2.14. The Bertz CT molecular complexity index is 387. The molecule has 0 aliphatic carbocycles. The molecule has 2 aliphatic heterocycles. The molecule has 2 rings (SSSR count). The lowest BCUT2D eigenvalue weighted by Crippen LogP contribution is -2.44. The Morgan fingerprint density at radius 1 is 1.53 bits per heavy atom. The normalized spacial score (nSPS) is 36.4. The van der Waals surface area contributed by atoms with Gasteiger partial charge in [-0.3, -0.25) is 0 Å². The molecule has 1 N–H and O–H groups in total. The van der Waals surface area contributed by atoms with E-state index in [0.29, 0.717) is 0 Å². The van der Waals surface area contributed by atoms with Crippen molar-refractivity contribution in [2.75, 3.05) is 0 Å². The molecule has 0 amide bonds. The number of hydrogen-bond donors (Lipinski definition) is 1. The van der Waals surface area contributed by atoms with Gasteiger partial charge < -0.3 is 4.74 Å². The average molecular weight is 230 g/mol. The minimum absolute atomic E-state index is 0.00988. The van der Waals surface area contributed by atoms with Crippen molar-refractivity contribution in [1.29, 1.82) is 5.26 Å². The van der Waals surface area contributed by atoms with Crippen LogP contribution in [0.1, 0.15) is 26.2 Å². The Hall–Kier alpha value is -0.640. The zero-order chi connectivity index (χ0) is 11.1. The van der Waals surface area contributed by atoms with Crippen LogP contribution in [-0.4, -0.2) is 31.9 Å². The van der Waals surface area contributed by atoms with Crippen LogP contribution in [0.25, 0.3) is 0 Å². The second kappa shape index (κ2) is 3.74. The van der Waals surface area contributed by atoms with Crippen LogP contribution < -0.4 is 4.72 Å². The summed E-state index contributed by atoms with van der Waals surface area (Å²) in [5.74, 6) is 0. The molecule has 0 radical (unpaired) electrons. The van der Waals surface area contributed by atoms with E-state index < -0.39 is 15.3 Å². The molecule has 5 nitrogen and oxygen atoms in total. The lowest BCUT2D eigenvalue weighted by atomic mass is 9.96. The molecule has 2 fully saturated rings. The maximum Gasteiger partial charge on any atom is 0.228 e. The van der Waals surface area contributed by atoms with Gasteiger partial charge in [0.1, 0.15) is 0 Å². The fraction of sp³-hybridized carbons (Fsp3) is 0.889. The number of sulfonamides is 1. The van der Waals surface area contributed by atoms with Crippen molar-refractivity contribution in [3.8, 4) is 6.07 Å². The van der Waals surface area contributed by atoms with Crippen molar-refractivity contribution in [3.63, 3.8) is 0 Å². The topological polar surface area (TPSA) is 79.2 Å². The molecular weight excluding hydrogens is 216 g/mol. The molecule has 2 aliphatic rings. The fourth-order valence-corrected chi connectivity index (χ4v) is 3.16. The van der Waals surface area contributed by atoms with Crippen LogP contribution in [-0.2, 0) is 14.8 Å². The first-order chi connectivity index (χ1) is 7.03. The zero-order valence-corrected chi connectivity index (χ0v) is 9.33. The van der Waals surface area contributed by atoms with Gasteiger partial charge in [0.25, 0.3) is 0 Å². The van der Waals surface area contributed by atoms with Gasteiger partial charge in [-0.05, 0) is 26.2 Å². The van der Waals surface area contributed by atoms with E-state index in [4.69, 9.17) is 10.00 Å². The second-order valence-electron chi connectivity index (χ2n) is 4.15. The van der Waals surface area contributed by atoms with Gasteiger partial charge in [-0.15, -0.1) is 0 Å². The first-order valence-electron chi connectivity index (χ1n) is 5.09. The van der Waals surface area contributed by atoms with Gasteiger partial charge in [0.15, 0.2) is 5.25 Å². The van der Waals surface area contributed by atoms with E-state index in [0.717, 1.165) is 19.3 Å². The minimum atomic E-state index is -3.51. The number of hydrogen-bond acceptors (Lipinski definition) is 4. The summed E-state index contributed by atoms with van der Waals surface area (Å²) in [5.41, 5.74) is 0. The van der Waals surface area contributed by atoms with Crippen molar-refractivity contribution >= 4 is 10.0 Å². The average Bonchev–Trinajstić information content (AvgIpc) is 2.77. The standard InChI is InChI=1S/C9H14N2O3S/c1-6(5-10)15(12,13)11-8-4-7-2-3-9(8)14-7/h6-9,11H,2-4H2,1H3. The monoisotopic (exact) mass is 230 g/mol. The number of ether oxygens (including phenoxy) is 1. The summed E-state index contributed by atoms with van der Waals surface area (Å²) in [7, 11) is -3.51. The van der Waals surface area contributed by atoms with Crippen molar-refractivity contribution in [3.05, 3.63) is 0 Å². The van der Waals surface area contributed by atoms with Crippen LogP contribution in [0.5, 0.6) is 0 Å². The number of nitrogens with zero attached hydrogens (tertiary/aromatic N) is 1. The summed E-state index contributed by atoms with van der Waals surface area (Å²) in [6.45, 7) is 1.39. The first-order valence-corrected chi connectivity index (χ1v) is 6.64. The molecule has 84 valence electrons. The third kappa shape index (κ3) is 2.00. The second-order valence-corrected chi connectivity index (χ2v) is 6.18. The molecule has 2 saturated heterocycles. The van der Waals surface area contributed by atoms with Gasteiger partial charge in [-0.1, -0.05) is 0 Å². The first kappa shape index (κ1) is 10.9. The van der Waals surface area contributed by atoms with Crippen LogP contribution in [0, 0.1) is 11.3 Å². The van der Waals surface area contributed by atoms with Crippen LogP contribution >= 0.6 is 0 Å². The van der Waals surface area contributed by atoms with Gasteiger partial charge in [-0.25, -0.2) is 13.1 Å². The number of rotatable bonds is 3. The molecule has 0 aromatic carbocycles. The molecule has 0 aromatic heterocycles. The quantitative estimate of drug-likeness (QED) is 0.747. The number of nitrogens with one attached hydrogen (secondary N) is 1. The third-order valence-corrected chi connectivity index (χ3v) is 4.74. The van der Waals surface area contributed by atoms with E-state index in [-0.39, 0.29) is 18.2 Å². The van der Waals surface area contributed by atoms with Gasteiger partial charge >= 0.3 is 0 Å². The highest BCUT2D eigenvalue weighted by molar-refractivity contribution is 7.90. The summed E-state index contributed by atoms with van der Waals surface area (Å²) >= 11 is 0. The SMILES string of the molecule is CC(C#N)S(=O)(=O)NC1CC2CCC1O2. The Balaban J connectivity index is 2.01. The molecule has 2 heterocycles. The smallest absolute Gasteiger partial charge is 0.228 e. The number of nitriles is 1. The summed E-state index contributed by atoms with van der Waals surface area (Å²) in [6, 6.07) is 1.60. The number of fused-ring (bicyclic) bond motifs is 2. The van der Waals surface area contributed by atoms with E-state index in [2.05, 4.69) is 4.72 Å². The van der Waals surface area contributed by atoms with E-state index in [9.17, 15) is 8.42 Å². The van der Waals surface area contributed by atoms with Crippen molar-refractivity contribution in [2.24, 2.45) is 0 Å². The third-order valence-electron chi connectivity index (χ3n) is 3.07. The highest BCUT2D eigenvalue weighted by atomic mass is 32.2. The molecule has 0 spiro atoms. The summed E-state index contributed by atoms with van der Waals surface area (Å²) < 4.78 is 31.3. The van der Waals surface area contributed by atoms with Crippen molar-refractivity contribution in [1.82, 2.24) is 4.72 Å². The van der Waals surface area contributed by atoms with Gasteiger partial charge in [-0.2, -0.15) is 5.26 Å². The molecule has 4 atom stereocenters. The van der Waals surface area contributed by atoms with Gasteiger partial charge in [0.2, 0.25) is 10.0 Å². The molecular formula is C9H14N2O3S. The summed E-state index contributed by atoms with van der Waals surface area (Å²) in [6.07, 6.45) is 2.90. The maximum absolute atomic E-state index is 11.6. The Morgan fingerprint density at radius 3 is 2.73 bits per heavy atom. The molecule has 15 heavy (non-hydrogen) atoms. The van der Waals surface area contributed by atoms with Crippen molar-refractivity contribution < 1.29 is 13.2 Å². The largest absolute Gasteiger partial charge is 0.373 e. The Labute approximate surface area is 89.5 Å². The van der Waals surface area contributed by atoms with Crippen LogP contribution in [0.4, 0.5) is 0 Å². The summed E-state index contributed by atoms with van der Waals surface area (Å²) in [4.78, 5) is 0. The molecule has 4 unspecified atom stereocenters. The highest BCUT2D eigenvalue weighted by Gasteiger charge is 2.43. The van der Waals surface area contributed by atoms with E-state index in [1.54, 1.807) is 6.07 Å². The van der Waals surface area contributed by atoms with Crippen LogP contribution in [0.2, 0.25) is 0 Å². The molecule has 6 heteroatoms. The van der Waals surface area contributed by atoms with Gasteiger partial charge in [0.05, 0.1) is 24.3 Å². The molecule has 2 bridgehead atoms. The van der Waals surface area contributed by atoms with Crippen molar-refractivity contribution in [2.45, 2.75) is 49.7 Å². The minimum Gasteiger partial charge on any atom is -0.373 e. The summed E-state index contributed by atoms with van der Waals surface area (Å²) in [5, 5.41) is 7.57. The molecule has 0 aromatic rings. The van der Waals surface area contributed by atoms with E-state index >= 15 is 0 Å².